The van der Waals surface area contributed by atoms with Crippen LogP contribution < -0.4 is 15.0 Å². The lowest BCUT2D eigenvalue weighted by Gasteiger charge is -2.28. The second-order valence-electron chi connectivity index (χ2n) is 7.98. The molecule has 0 bridgehead atoms. The first kappa shape index (κ1) is 25.0. The van der Waals surface area contributed by atoms with Gasteiger partial charge in [-0.25, -0.2) is 13.9 Å². The zero-order valence-electron chi connectivity index (χ0n) is 18.8. The third-order valence-electron chi connectivity index (χ3n) is 5.76. The Morgan fingerprint density at radius 3 is 2.48 bits per heavy atom. The fraction of sp³-hybridized carbons (Fsp3) is 0.435. The van der Waals surface area contributed by atoms with E-state index in [1.807, 2.05) is 0 Å². The Hall–Kier alpha value is -2.66. The maximum atomic E-state index is 13.4. The molecule has 9 nitrogen and oxygen atoms in total. The number of amides is 1. The quantitative estimate of drug-likeness (QED) is 0.392. The predicted molar refractivity (Wildman–Crippen MR) is 121 cm³/mol. The molecule has 0 saturated carbocycles. The van der Waals surface area contributed by atoms with Crippen molar-refractivity contribution in [2.45, 2.75) is 23.0 Å². The molecule has 1 aliphatic heterocycles. The van der Waals surface area contributed by atoms with Crippen LogP contribution in [0.5, 0.6) is 11.5 Å². The molecule has 3 rings (SSSR count). The number of nitrogens with one attached hydrogen (secondary N) is 1. The molecule has 10 heteroatoms. The molecule has 33 heavy (non-hydrogen) atoms. The molecule has 1 atom stereocenters. The summed E-state index contributed by atoms with van der Waals surface area (Å²) in [7, 11) is -2.69. The number of carbonyl (C=O) groups excluding carboxylic acids is 1. The molecule has 1 unspecified atom stereocenters. The summed E-state index contributed by atoms with van der Waals surface area (Å²) < 4.78 is 41.2. The molecule has 2 aromatic rings. The van der Waals surface area contributed by atoms with E-state index in [4.69, 9.17) is 14.2 Å². The van der Waals surface area contributed by atoms with Crippen LogP contribution in [0.2, 0.25) is 0 Å². The van der Waals surface area contributed by atoms with Crippen molar-refractivity contribution in [3.8, 4) is 11.5 Å². The van der Waals surface area contributed by atoms with Gasteiger partial charge >= 0.3 is 0 Å². The minimum absolute atomic E-state index is 0.0488. The fourth-order valence-corrected chi connectivity index (χ4v) is 5.34. The molecule has 0 radical (unpaired) electrons. The Bertz CT molecular complexity index is 1040. The van der Waals surface area contributed by atoms with E-state index in [0.29, 0.717) is 36.9 Å². The Kier molecular flexibility index (Phi) is 8.30. The summed E-state index contributed by atoms with van der Waals surface area (Å²) in [6.07, 6.45) is -0.158. The van der Waals surface area contributed by atoms with Crippen LogP contribution in [0.4, 0.5) is 0 Å². The van der Waals surface area contributed by atoms with E-state index >= 15 is 0 Å². The first-order valence-electron chi connectivity index (χ1n) is 10.7. The van der Waals surface area contributed by atoms with Crippen LogP contribution in [0.15, 0.2) is 53.4 Å². The Morgan fingerprint density at radius 1 is 1.15 bits per heavy atom. The third kappa shape index (κ3) is 5.83. The zero-order valence-corrected chi connectivity index (χ0v) is 19.6. The molecule has 0 aliphatic carbocycles. The molecular formula is C23H30N2O7S. The van der Waals surface area contributed by atoms with E-state index in [9.17, 15) is 18.4 Å². The van der Waals surface area contributed by atoms with Gasteiger partial charge in [0, 0.05) is 26.1 Å². The number of methoxy groups -OCH3 is 1. The summed E-state index contributed by atoms with van der Waals surface area (Å²) in [5, 5.41) is 9.31. The average Bonchev–Trinajstić information content (AvgIpc) is 2.84. The van der Waals surface area contributed by atoms with Crippen molar-refractivity contribution in [3.63, 3.8) is 0 Å². The molecule has 180 valence electrons. The molecule has 1 aliphatic rings. The normalized spacial score (nSPS) is 16.6. The third-order valence-corrected chi connectivity index (χ3v) is 8.17. The van der Waals surface area contributed by atoms with Crippen LogP contribution in [-0.4, -0.2) is 75.7 Å². The number of ether oxygens (including phenoxy) is 3. The lowest BCUT2D eigenvalue weighted by Crippen LogP contribution is -2.51. The maximum Gasteiger partial charge on any atom is 0.265 e. The Morgan fingerprint density at radius 2 is 1.85 bits per heavy atom. The molecule has 0 spiro atoms. The topological polar surface area (TPSA) is 114 Å². The van der Waals surface area contributed by atoms with Crippen molar-refractivity contribution in [2.24, 2.45) is 0 Å². The van der Waals surface area contributed by atoms with Gasteiger partial charge in [-0.05, 0) is 48.9 Å². The first-order valence-corrected chi connectivity index (χ1v) is 12.1. The van der Waals surface area contributed by atoms with E-state index in [2.05, 4.69) is 4.90 Å². The van der Waals surface area contributed by atoms with Crippen molar-refractivity contribution in [1.82, 2.24) is 10.4 Å². The number of morpholine rings is 1. The van der Waals surface area contributed by atoms with Crippen LogP contribution in [0, 0.1) is 0 Å². The number of rotatable bonds is 10. The second kappa shape index (κ2) is 11.0. The molecule has 2 N–H and O–H groups in total. The van der Waals surface area contributed by atoms with Gasteiger partial charge in [0.05, 0.1) is 25.2 Å². The SMILES string of the molecule is COc1ccc(S(=O)(=O)C(C)(Cc2cccc(OCCN3CCOCC3)c2)C(=O)NO)cc1. The Labute approximate surface area is 194 Å². The largest absolute Gasteiger partial charge is 0.497 e. The molecule has 1 heterocycles. The van der Waals surface area contributed by atoms with Crippen molar-refractivity contribution >= 4 is 15.7 Å². The predicted octanol–water partition coefficient (Wildman–Crippen LogP) is 1.69. The smallest absolute Gasteiger partial charge is 0.265 e. The molecular weight excluding hydrogens is 448 g/mol. The van der Waals surface area contributed by atoms with Gasteiger partial charge in [-0.2, -0.15) is 0 Å². The molecule has 2 aromatic carbocycles. The zero-order chi connectivity index (χ0) is 23.9. The van der Waals surface area contributed by atoms with Crippen molar-refractivity contribution in [3.05, 3.63) is 54.1 Å². The highest BCUT2D eigenvalue weighted by Gasteiger charge is 2.47. The van der Waals surface area contributed by atoms with Crippen molar-refractivity contribution in [2.75, 3.05) is 46.6 Å². The van der Waals surface area contributed by atoms with Gasteiger partial charge < -0.3 is 14.2 Å². The van der Waals surface area contributed by atoms with Crippen molar-refractivity contribution in [1.29, 1.82) is 0 Å². The van der Waals surface area contributed by atoms with Crippen LogP contribution in [-0.2, 0) is 25.8 Å². The minimum atomic E-state index is -4.17. The average molecular weight is 479 g/mol. The van der Waals surface area contributed by atoms with Gasteiger partial charge in [0.2, 0.25) is 0 Å². The van der Waals surface area contributed by atoms with Crippen LogP contribution in [0.3, 0.4) is 0 Å². The monoisotopic (exact) mass is 478 g/mol. The van der Waals surface area contributed by atoms with Gasteiger partial charge in [0.1, 0.15) is 18.1 Å². The van der Waals surface area contributed by atoms with Crippen LogP contribution in [0.25, 0.3) is 0 Å². The lowest BCUT2D eigenvalue weighted by atomic mass is 9.99. The molecule has 1 amide bonds. The molecule has 1 saturated heterocycles. The number of benzene rings is 2. The standard InChI is InChI=1S/C23H30N2O7S/c1-23(22(26)24-27,33(28,29)21-8-6-19(30-2)7-9-21)17-18-4-3-5-20(16-18)32-15-12-25-10-13-31-14-11-25/h3-9,16,27H,10-15,17H2,1-2H3,(H,24,26). The summed E-state index contributed by atoms with van der Waals surface area (Å²) >= 11 is 0. The number of hydroxylamine groups is 1. The highest BCUT2D eigenvalue weighted by molar-refractivity contribution is 7.93. The molecule has 0 aromatic heterocycles. The molecule has 1 fully saturated rings. The highest BCUT2D eigenvalue weighted by atomic mass is 32.2. The van der Waals surface area contributed by atoms with Gasteiger partial charge in [-0.1, -0.05) is 12.1 Å². The van der Waals surface area contributed by atoms with E-state index in [1.54, 1.807) is 24.3 Å². The van der Waals surface area contributed by atoms with E-state index in [1.165, 1.54) is 43.8 Å². The number of nitrogens with zero attached hydrogens (tertiary/aromatic N) is 1. The highest BCUT2D eigenvalue weighted by Crippen LogP contribution is 2.31. The van der Waals surface area contributed by atoms with Crippen LogP contribution >= 0.6 is 0 Å². The summed E-state index contributed by atoms with van der Waals surface area (Å²) in [5.74, 6) is 0.0514. The number of sulfone groups is 1. The van der Waals surface area contributed by atoms with E-state index < -0.39 is 20.5 Å². The minimum Gasteiger partial charge on any atom is -0.497 e. The van der Waals surface area contributed by atoms with Crippen molar-refractivity contribution < 1.29 is 32.6 Å². The van der Waals surface area contributed by atoms with Gasteiger partial charge in [-0.15, -0.1) is 0 Å². The van der Waals surface area contributed by atoms with Gasteiger partial charge in [-0.3, -0.25) is 14.9 Å². The maximum absolute atomic E-state index is 13.4. The first-order chi connectivity index (χ1) is 15.8. The number of hydrogen-bond acceptors (Lipinski definition) is 8. The van der Waals surface area contributed by atoms with Gasteiger partial charge in [0.15, 0.2) is 14.6 Å². The summed E-state index contributed by atoms with van der Waals surface area (Å²) in [6.45, 7) is 5.67. The summed E-state index contributed by atoms with van der Waals surface area (Å²) in [5.41, 5.74) is 2.10. The Balaban J connectivity index is 1.77. The van der Waals surface area contributed by atoms with Gasteiger partial charge in [0.25, 0.3) is 5.91 Å². The fourth-order valence-electron chi connectivity index (χ4n) is 3.68. The number of carbonyl (C=O) groups is 1. The lowest BCUT2D eigenvalue weighted by molar-refractivity contribution is -0.131. The summed E-state index contributed by atoms with van der Waals surface area (Å²) in [4.78, 5) is 14.8. The van der Waals surface area contributed by atoms with E-state index in [-0.39, 0.29) is 11.3 Å². The van der Waals surface area contributed by atoms with Crippen LogP contribution in [0.1, 0.15) is 12.5 Å². The summed E-state index contributed by atoms with van der Waals surface area (Å²) in [6, 6.07) is 12.7. The second-order valence-corrected chi connectivity index (χ2v) is 10.4. The number of hydrogen-bond donors (Lipinski definition) is 2. The van der Waals surface area contributed by atoms with E-state index in [0.717, 1.165) is 19.6 Å².